The van der Waals surface area contributed by atoms with Gasteiger partial charge in [-0.25, -0.2) is 13.6 Å². The molecule has 0 bridgehead atoms. The lowest BCUT2D eigenvalue weighted by Crippen LogP contribution is -2.48. The van der Waals surface area contributed by atoms with E-state index < -0.39 is 11.9 Å². The molecule has 3 N–H and O–H groups in total. The molecule has 0 unspecified atom stereocenters. The Hall–Kier alpha value is -2.84. The summed E-state index contributed by atoms with van der Waals surface area (Å²) in [6.45, 7) is 3.48. The number of amides is 3. The van der Waals surface area contributed by atoms with Crippen LogP contribution in [0.5, 0.6) is 0 Å². The number of hydrogen-bond donors (Lipinski definition) is 2. The van der Waals surface area contributed by atoms with Crippen LogP contribution >= 0.6 is 0 Å². The van der Waals surface area contributed by atoms with Crippen LogP contribution in [0.3, 0.4) is 0 Å². The van der Waals surface area contributed by atoms with Gasteiger partial charge in [-0.2, -0.15) is 0 Å². The highest BCUT2D eigenvalue weighted by Crippen LogP contribution is 2.30. The van der Waals surface area contributed by atoms with Gasteiger partial charge in [0.2, 0.25) is 5.91 Å². The van der Waals surface area contributed by atoms with Crippen LogP contribution in [0.4, 0.5) is 13.6 Å². The summed E-state index contributed by atoms with van der Waals surface area (Å²) in [5.41, 5.74) is 6.82. The van der Waals surface area contributed by atoms with Crippen LogP contribution < -0.4 is 11.1 Å². The Labute approximate surface area is 168 Å². The van der Waals surface area contributed by atoms with Gasteiger partial charge in [-0.15, -0.1) is 0 Å². The molecule has 8 heteroatoms. The van der Waals surface area contributed by atoms with Crippen molar-refractivity contribution in [2.24, 2.45) is 5.73 Å². The van der Waals surface area contributed by atoms with Crippen molar-refractivity contribution in [1.82, 2.24) is 15.1 Å². The number of halogens is 2. The van der Waals surface area contributed by atoms with Crippen molar-refractivity contribution in [3.63, 3.8) is 0 Å². The normalized spacial score (nSPS) is 15.4. The van der Waals surface area contributed by atoms with Crippen molar-refractivity contribution in [3.8, 4) is 0 Å². The van der Waals surface area contributed by atoms with Gasteiger partial charge in [0.05, 0.1) is 6.04 Å². The molecule has 2 aromatic rings. The molecule has 154 valence electrons. The van der Waals surface area contributed by atoms with Crippen molar-refractivity contribution in [3.05, 3.63) is 71.3 Å². The summed E-state index contributed by atoms with van der Waals surface area (Å²) >= 11 is 0. The molecule has 3 amide bonds. The Morgan fingerprint density at radius 1 is 0.897 bits per heavy atom. The van der Waals surface area contributed by atoms with E-state index in [9.17, 15) is 18.4 Å². The predicted octanol–water partition coefficient (Wildman–Crippen LogP) is 2.26. The summed E-state index contributed by atoms with van der Waals surface area (Å²) in [6, 6.07) is 11.8. The molecule has 0 radical (unpaired) electrons. The number of nitrogens with two attached hydrogens (primary N) is 1. The SMILES string of the molecule is NC(=O)NC(=O)CCN1CCN(C(c2ccc(F)cc2)c2ccc(F)cc2)CC1. The summed E-state index contributed by atoms with van der Waals surface area (Å²) in [5.74, 6) is -0.994. The molecule has 1 aliphatic rings. The van der Waals surface area contributed by atoms with Crippen molar-refractivity contribution in [2.75, 3.05) is 32.7 Å². The second kappa shape index (κ2) is 9.58. The van der Waals surface area contributed by atoms with Crippen LogP contribution in [-0.2, 0) is 4.79 Å². The number of imide groups is 1. The fourth-order valence-corrected chi connectivity index (χ4v) is 3.61. The summed E-state index contributed by atoms with van der Waals surface area (Å²) in [7, 11) is 0. The smallest absolute Gasteiger partial charge is 0.318 e. The molecule has 1 heterocycles. The quantitative estimate of drug-likeness (QED) is 0.777. The van der Waals surface area contributed by atoms with Gasteiger partial charge in [-0.1, -0.05) is 24.3 Å². The second-order valence-electron chi connectivity index (χ2n) is 7.05. The number of piperazine rings is 1. The molecule has 1 aliphatic heterocycles. The maximum Gasteiger partial charge on any atom is 0.318 e. The zero-order valence-corrected chi connectivity index (χ0v) is 16.0. The van der Waals surface area contributed by atoms with Crippen LogP contribution in [0.15, 0.2) is 48.5 Å². The van der Waals surface area contributed by atoms with Gasteiger partial charge in [-0.05, 0) is 35.4 Å². The fraction of sp³-hybridized carbons (Fsp3) is 0.333. The number of carbonyl (C=O) groups excluding carboxylic acids is 2. The molecule has 0 aromatic heterocycles. The van der Waals surface area contributed by atoms with Crippen LogP contribution in [0.25, 0.3) is 0 Å². The summed E-state index contributed by atoms with van der Waals surface area (Å²) in [5, 5.41) is 2.06. The molecular weight excluding hydrogens is 378 g/mol. The van der Waals surface area contributed by atoms with E-state index in [2.05, 4.69) is 15.1 Å². The van der Waals surface area contributed by atoms with Crippen molar-refractivity contribution in [2.45, 2.75) is 12.5 Å². The Morgan fingerprint density at radius 2 is 1.38 bits per heavy atom. The lowest BCUT2D eigenvalue weighted by Gasteiger charge is -2.39. The summed E-state index contributed by atoms with van der Waals surface area (Å²) < 4.78 is 26.8. The number of urea groups is 1. The third-order valence-electron chi connectivity index (χ3n) is 5.06. The Morgan fingerprint density at radius 3 is 1.83 bits per heavy atom. The first-order valence-electron chi connectivity index (χ1n) is 9.49. The number of primary amides is 1. The fourth-order valence-electron chi connectivity index (χ4n) is 3.61. The molecule has 0 spiro atoms. The topological polar surface area (TPSA) is 78.7 Å². The zero-order chi connectivity index (χ0) is 20.8. The van der Waals surface area contributed by atoms with E-state index in [1.165, 1.54) is 24.3 Å². The molecule has 1 saturated heterocycles. The Bertz CT molecular complexity index is 789. The lowest BCUT2D eigenvalue weighted by atomic mass is 9.96. The summed E-state index contributed by atoms with van der Waals surface area (Å²) in [4.78, 5) is 26.7. The van der Waals surface area contributed by atoms with Gasteiger partial charge in [0, 0.05) is 39.1 Å². The van der Waals surface area contributed by atoms with Crippen LogP contribution in [-0.4, -0.2) is 54.5 Å². The first-order chi connectivity index (χ1) is 13.9. The van der Waals surface area contributed by atoms with Crippen molar-refractivity contribution < 1.29 is 18.4 Å². The molecule has 1 fully saturated rings. The van der Waals surface area contributed by atoms with E-state index >= 15 is 0 Å². The number of nitrogens with one attached hydrogen (secondary N) is 1. The summed E-state index contributed by atoms with van der Waals surface area (Å²) in [6.07, 6.45) is 0.197. The number of carbonyl (C=O) groups is 2. The highest BCUT2D eigenvalue weighted by molar-refractivity contribution is 5.93. The van der Waals surface area contributed by atoms with Crippen LogP contribution in [0.1, 0.15) is 23.6 Å². The number of benzene rings is 2. The lowest BCUT2D eigenvalue weighted by molar-refractivity contribution is -0.120. The number of nitrogens with zero attached hydrogens (tertiary/aromatic N) is 2. The maximum absolute atomic E-state index is 13.4. The third-order valence-corrected chi connectivity index (χ3v) is 5.06. The first kappa shape index (κ1) is 20.9. The monoisotopic (exact) mass is 402 g/mol. The Kier molecular flexibility index (Phi) is 6.90. The second-order valence-corrected chi connectivity index (χ2v) is 7.05. The van der Waals surface area contributed by atoms with Gasteiger partial charge in [-0.3, -0.25) is 15.0 Å². The van der Waals surface area contributed by atoms with E-state index in [-0.39, 0.29) is 24.1 Å². The van der Waals surface area contributed by atoms with Crippen LogP contribution in [0.2, 0.25) is 0 Å². The highest BCUT2D eigenvalue weighted by atomic mass is 19.1. The van der Waals surface area contributed by atoms with Gasteiger partial charge in [0.1, 0.15) is 11.6 Å². The largest absolute Gasteiger partial charge is 0.351 e. The standard InChI is InChI=1S/C21H24F2N4O2/c22-17-5-1-15(2-6-17)20(16-3-7-18(23)8-4-16)27-13-11-26(12-14-27)10-9-19(28)25-21(24)29/h1-8,20H,9-14H2,(H3,24,25,28,29). The van der Waals surface area contributed by atoms with Gasteiger partial charge < -0.3 is 10.6 Å². The Balaban J connectivity index is 1.67. The van der Waals surface area contributed by atoms with E-state index in [0.29, 0.717) is 6.54 Å². The molecule has 0 aliphatic carbocycles. The number of rotatable bonds is 6. The third kappa shape index (κ3) is 5.82. The van der Waals surface area contributed by atoms with E-state index in [1.54, 1.807) is 24.3 Å². The average molecular weight is 402 g/mol. The molecule has 2 aromatic carbocycles. The van der Waals surface area contributed by atoms with E-state index in [1.807, 2.05) is 0 Å². The highest BCUT2D eigenvalue weighted by Gasteiger charge is 2.26. The molecule has 29 heavy (non-hydrogen) atoms. The first-order valence-corrected chi connectivity index (χ1v) is 9.49. The molecule has 0 saturated carbocycles. The van der Waals surface area contributed by atoms with Crippen molar-refractivity contribution in [1.29, 1.82) is 0 Å². The zero-order valence-electron chi connectivity index (χ0n) is 16.0. The van der Waals surface area contributed by atoms with Gasteiger partial charge >= 0.3 is 6.03 Å². The van der Waals surface area contributed by atoms with Crippen LogP contribution in [0, 0.1) is 11.6 Å². The van der Waals surface area contributed by atoms with E-state index in [0.717, 1.165) is 37.3 Å². The minimum atomic E-state index is -0.846. The molecule has 6 nitrogen and oxygen atoms in total. The molecule has 3 rings (SSSR count). The molecule has 0 atom stereocenters. The van der Waals surface area contributed by atoms with Gasteiger partial charge in [0.15, 0.2) is 0 Å². The van der Waals surface area contributed by atoms with E-state index in [4.69, 9.17) is 5.73 Å². The maximum atomic E-state index is 13.4. The molecular formula is C21H24F2N4O2. The average Bonchev–Trinajstić information content (AvgIpc) is 2.70. The van der Waals surface area contributed by atoms with Gasteiger partial charge in [0.25, 0.3) is 0 Å². The van der Waals surface area contributed by atoms with Crippen molar-refractivity contribution >= 4 is 11.9 Å². The predicted molar refractivity (Wildman–Crippen MR) is 105 cm³/mol. The minimum Gasteiger partial charge on any atom is -0.351 e. The minimum absolute atomic E-state index is 0.114. The number of hydrogen-bond acceptors (Lipinski definition) is 4.